The largest absolute Gasteiger partial charge is 0.487 e. The molecule has 0 bridgehead atoms. The first-order chi connectivity index (χ1) is 13.9. The summed E-state index contributed by atoms with van der Waals surface area (Å²) in [5.41, 5.74) is 2.06. The van der Waals surface area contributed by atoms with E-state index >= 15 is 0 Å². The number of carbonyl (C=O) groups is 1. The minimum Gasteiger partial charge on any atom is -0.487 e. The fraction of sp³-hybridized carbons (Fsp3) is 0.182. The van der Waals surface area contributed by atoms with Crippen molar-refractivity contribution in [2.24, 2.45) is 0 Å². The van der Waals surface area contributed by atoms with E-state index in [4.69, 9.17) is 16.3 Å². The molecule has 0 spiro atoms. The first-order valence-electron chi connectivity index (χ1n) is 8.92. The van der Waals surface area contributed by atoms with E-state index < -0.39 is 5.82 Å². The number of benzene rings is 2. The van der Waals surface area contributed by atoms with Gasteiger partial charge in [0.15, 0.2) is 0 Å². The van der Waals surface area contributed by atoms with E-state index in [0.717, 1.165) is 22.0 Å². The van der Waals surface area contributed by atoms with Crippen LogP contribution in [0.3, 0.4) is 0 Å². The van der Waals surface area contributed by atoms with Crippen LogP contribution in [0.25, 0.3) is 6.08 Å². The predicted molar refractivity (Wildman–Crippen MR) is 115 cm³/mol. The van der Waals surface area contributed by atoms with Crippen LogP contribution in [-0.2, 0) is 17.9 Å². The van der Waals surface area contributed by atoms with Gasteiger partial charge in [0, 0.05) is 35.6 Å². The van der Waals surface area contributed by atoms with E-state index in [-0.39, 0.29) is 12.5 Å². The molecule has 0 atom stereocenters. The number of aryl methyl sites for hydroxylation is 1. The Hall–Kier alpha value is -2.70. The molecule has 29 heavy (non-hydrogen) atoms. The highest BCUT2D eigenvalue weighted by Gasteiger charge is 2.12. The molecule has 0 unspecified atom stereocenters. The summed E-state index contributed by atoms with van der Waals surface area (Å²) in [5.74, 6) is 0.0542. The quantitative estimate of drug-likeness (QED) is 0.465. The van der Waals surface area contributed by atoms with Crippen LogP contribution < -0.4 is 4.74 Å². The van der Waals surface area contributed by atoms with Gasteiger partial charge in [-0.05, 0) is 42.8 Å². The second-order valence-corrected chi connectivity index (χ2v) is 7.91. The summed E-state index contributed by atoms with van der Waals surface area (Å²) < 4.78 is 19.6. The van der Waals surface area contributed by atoms with Crippen LogP contribution >= 0.6 is 22.9 Å². The Morgan fingerprint density at radius 1 is 1.28 bits per heavy atom. The molecule has 1 aromatic heterocycles. The van der Waals surface area contributed by atoms with Gasteiger partial charge in [-0.15, -0.1) is 11.3 Å². The Morgan fingerprint density at radius 3 is 2.69 bits per heavy atom. The number of carbonyl (C=O) groups excluding carboxylic acids is 1. The first-order valence-corrected chi connectivity index (χ1v) is 10.2. The molecule has 0 fully saturated rings. The Labute approximate surface area is 178 Å². The van der Waals surface area contributed by atoms with Gasteiger partial charge in [-0.2, -0.15) is 0 Å². The lowest BCUT2D eigenvalue weighted by molar-refractivity contribution is -0.125. The lowest BCUT2D eigenvalue weighted by Crippen LogP contribution is -2.24. The molecular weight excluding hydrogens is 411 g/mol. The van der Waals surface area contributed by atoms with Crippen molar-refractivity contribution in [2.75, 3.05) is 7.05 Å². The van der Waals surface area contributed by atoms with Crippen molar-refractivity contribution < 1.29 is 13.9 Å². The maximum atomic E-state index is 13.9. The molecule has 0 aliphatic heterocycles. The number of ether oxygens (including phenoxy) is 1. The number of amides is 1. The summed E-state index contributed by atoms with van der Waals surface area (Å²) in [6.07, 6.45) is 3.15. The molecule has 1 heterocycles. The van der Waals surface area contributed by atoms with Crippen molar-refractivity contribution in [1.29, 1.82) is 0 Å². The normalized spacial score (nSPS) is 11.0. The summed E-state index contributed by atoms with van der Waals surface area (Å²) in [4.78, 5) is 18.1. The average molecular weight is 431 g/mol. The molecule has 4 nitrogen and oxygen atoms in total. The van der Waals surface area contributed by atoms with Crippen molar-refractivity contribution >= 4 is 34.9 Å². The Kier molecular flexibility index (Phi) is 7.01. The van der Waals surface area contributed by atoms with Gasteiger partial charge in [-0.1, -0.05) is 29.8 Å². The molecule has 3 rings (SSSR count). The highest BCUT2D eigenvalue weighted by Crippen LogP contribution is 2.21. The lowest BCUT2D eigenvalue weighted by Gasteiger charge is -2.16. The summed E-state index contributed by atoms with van der Waals surface area (Å²) in [6, 6.07) is 11.9. The number of likely N-dealkylation sites (N-methyl/N-ethyl adjacent to an activating group) is 1. The summed E-state index contributed by atoms with van der Waals surface area (Å²) in [6.45, 7) is 2.47. The van der Waals surface area contributed by atoms with E-state index in [2.05, 4.69) is 4.98 Å². The number of hydrogen-bond acceptors (Lipinski definition) is 4. The Bertz CT molecular complexity index is 998. The van der Waals surface area contributed by atoms with Crippen LogP contribution in [0.4, 0.5) is 4.39 Å². The Morgan fingerprint density at radius 2 is 2.03 bits per heavy atom. The smallest absolute Gasteiger partial charge is 0.246 e. The van der Waals surface area contributed by atoms with Crippen LogP contribution in [0.5, 0.6) is 5.75 Å². The number of aromatic nitrogens is 1. The number of hydrogen-bond donors (Lipinski definition) is 0. The third-order valence-corrected chi connectivity index (χ3v) is 5.36. The van der Waals surface area contributed by atoms with E-state index in [0.29, 0.717) is 17.2 Å². The molecule has 150 valence electrons. The van der Waals surface area contributed by atoms with E-state index in [9.17, 15) is 9.18 Å². The van der Waals surface area contributed by atoms with Crippen molar-refractivity contribution in [1.82, 2.24) is 9.88 Å². The average Bonchev–Trinajstić information content (AvgIpc) is 3.13. The van der Waals surface area contributed by atoms with Crippen molar-refractivity contribution in [3.8, 4) is 5.75 Å². The fourth-order valence-electron chi connectivity index (χ4n) is 2.60. The minimum absolute atomic E-state index is 0.0948. The van der Waals surface area contributed by atoms with E-state index in [1.54, 1.807) is 30.5 Å². The molecule has 0 saturated heterocycles. The second kappa shape index (κ2) is 9.67. The van der Waals surface area contributed by atoms with Gasteiger partial charge in [0.1, 0.15) is 18.2 Å². The van der Waals surface area contributed by atoms with Crippen molar-refractivity contribution in [3.63, 3.8) is 0 Å². The number of nitrogens with zero attached hydrogens (tertiary/aromatic N) is 2. The van der Waals surface area contributed by atoms with Crippen LogP contribution in [-0.4, -0.2) is 22.8 Å². The maximum Gasteiger partial charge on any atom is 0.246 e. The van der Waals surface area contributed by atoms with Crippen LogP contribution in [0, 0.1) is 12.7 Å². The molecule has 0 aliphatic carbocycles. The second-order valence-electron chi connectivity index (χ2n) is 6.44. The van der Waals surface area contributed by atoms with Gasteiger partial charge in [0.2, 0.25) is 5.91 Å². The standard InChI is InChI=1S/C22H20ClFN2O2S/c1-15-25-17(14-29-15)13-28-18-9-6-16(7-10-18)8-11-22(27)26(2)12-19-20(23)4-3-5-21(19)24/h3-11,14H,12-13H2,1-2H3/b11-8+. The predicted octanol–water partition coefficient (Wildman–Crippen LogP) is 5.49. The highest BCUT2D eigenvalue weighted by molar-refractivity contribution is 7.09. The van der Waals surface area contributed by atoms with Gasteiger partial charge < -0.3 is 9.64 Å². The summed E-state index contributed by atoms with van der Waals surface area (Å²) in [7, 11) is 1.60. The van der Waals surface area contributed by atoms with Crippen LogP contribution in [0.2, 0.25) is 5.02 Å². The molecule has 3 aromatic rings. The van der Waals surface area contributed by atoms with Gasteiger partial charge in [-0.25, -0.2) is 9.37 Å². The molecule has 1 amide bonds. The summed E-state index contributed by atoms with van der Waals surface area (Å²) >= 11 is 7.61. The van der Waals surface area contributed by atoms with Gasteiger partial charge in [0.25, 0.3) is 0 Å². The third kappa shape index (κ3) is 5.89. The van der Waals surface area contributed by atoms with Crippen LogP contribution in [0.1, 0.15) is 21.8 Å². The molecule has 0 aliphatic rings. The zero-order valence-corrected chi connectivity index (χ0v) is 17.6. The lowest BCUT2D eigenvalue weighted by atomic mass is 10.2. The van der Waals surface area contributed by atoms with Gasteiger partial charge >= 0.3 is 0 Å². The van der Waals surface area contributed by atoms with Crippen molar-refractivity contribution in [2.45, 2.75) is 20.1 Å². The monoisotopic (exact) mass is 430 g/mol. The number of thiazole rings is 1. The minimum atomic E-state index is -0.426. The van der Waals surface area contributed by atoms with Gasteiger partial charge in [-0.3, -0.25) is 4.79 Å². The van der Waals surface area contributed by atoms with E-state index in [1.807, 2.05) is 36.6 Å². The molecule has 7 heteroatoms. The third-order valence-electron chi connectivity index (χ3n) is 4.18. The summed E-state index contributed by atoms with van der Waals surface area (Å²) in [5, 5.41) is 3.29. The van der Waals surface area contributed by atoms with Gasteiger partial charge in [0.05, 0.1) is 10.7 Å². The molecular formula is C22H20ClFN2O2S. The molecule has 2 aromatic carbocycles. The maximum absolute atomic E-state index is 13.9. The fourth-order valence-corrected chi connectivity index (χ4v) is 3.42. The Balaban J connectivity index is 1.55. The molecule has 0 saturated carbocycles. The SMILES string of the molecule is Cc1nc(COc2ccc(/C=C/C(=O)N(C)Cc3c(F)cccc3Cl)cc2)cs1. The van der Waals surface area contributed by atoms with Crippen LogP contribution in [0.15, 0.2) is 53.9 Å². The van der Waals surface area contributed by atoms with Crippen molar-refractivity contribution in [3.05, 3.63) is 86.6 Å². The first kappa shape index (κ1) is 21.0. The number of rotatable bonds is 7. The number of halogens is 2. The van der Waals surface area contributed by atoms with E-state index in [1.165, 1.54) is 23.1 Å². The zero-order valence-electron chi connectivity index (χ0n) is 16.1. The molecule has 0 N–H and O–H groups in total. The molecule has 0 radical (unpaired) electrons. The zero-order chi connectivity index (χ0) is 20.8. The highest BCUT2D eigenvalue weighted by atomic mass is 35.5. The topological polar surface area (TPSA) is 42.4 Å².